The van der Waals surface area contributed by atoms with Gasteiger partial charge in [-0.15, -0.1) is 0 Å². The third-order valence-electron chi connectivity index (χ3n) is 2.46. The molecule has 1 aliphatic rings. The summed E-state index contributed by atoms with van der Waals surface area (Å²) >= 11 is 6.89. The van der Waals surface area contributed by atoms with Crippen LogP contribution in [0, 0.1) is 3.57 Å². The van der Waals surface area contributed by atoms with Crippen LogP contribution in [0.4, 0.5) is 5.82 Å². The fourth-order valence-electron chi connectivity index (χ4n) is 1.61. The Morgan fingerprint density at radius 2 is 2.53 bits per heavy atom. The summed E-state index contributed by atoms with van der Waals surface area (Å²) in [5.41, 5.74) is 5.42. The zero-order chi connectivity index (χ0) is 12.4. The zero-order valence-electron chi connectivity index (χ0n) is 8.85. The van der Waals surface area contributed by atoms with Crippen LogP contribution < -0.4 is 16.2 Å². The number of aromatic amines is 1. The summed E-state index contributed by atoms with van der Waals surface area (Å²) in [6, 6.07) is 0. The summed E-state index contributed by atoms with van der Waals surface area (Å²) in [7, 11) is 0. The van der Waals surface area contributed by atoms with Crippen LogP contribution in [0.15, 0.2) is 11.1 Å². The van der Waals surface area contributed by atoms with E-state index in [2.05, 4.69) is 9.97 Å². The molecule has 1 aromatic heterocycles. The average molecular weight is 366 g/mol. The van der Waals surface area contributed by atoms with E-state index in [0.29, 0.717) is 34.1 Å². The maximum Gasteiger partial charge on any atom is 0.266 e. The number of hydrogen-bond acceptors (Lipinski definition) is 5. The first-order chi connectivity index (χ1) is 8.09. The number of hydrogen-bond donors (Lipinski definition) is 2. The Balaban J connectivity index is 2.25. The number of halogens is 1. The van der Waals surface area contributed by atoms with Gasteiger partial charge in [-0.1, -0.05) is 12.2 Å². The second-order valence-electron chi connectivity index (χ2n) is 3.58. The fraction of sp³-hybridized carbons (Fsp3) is 0.444. The van der Waals surface area contributed by atoms with Crippen molar-refractivity contribution in [2.45, 2.75) is 6.10 Å². The van der Waals surface area contributed by atoms with Crippen molar-refractivity contribution in [2.24, 2.45) is 5.73 Å². The highest BCUT2D eigenvalue weighted by atomic mass is 127. The van der Waals surface area contributed by atoms with E-state index in [1.54, 1.807) is 0 Å². The van der Waals surface area contributed by atoms with Gasteiger partial charge in [0.05, 0.1) is 19.5 Å². The minimum Gasteiger partial charge on any atom is -0.391 e. The summed E-state index contributed by atoms with van der Waals surface area (Å²) in [6.45, 7) is 1.72. The van der Waals surface area contributed by atoms with Crippen LogP contribution in [0.5, 0.6) is 0 Å². The van der Waals surface area contributed by atoms with Crippen molar-refractivity contribution in [3.63, 3.8) is 0 Å². The first-order valence-electron chi connectivity index (χ1n) is 4.98. The van der Waals surface area contributed by atoms with Crippen LogP contribution in [0.1, 0.15) is 0 Å². The normalized spacial score (nSPS) is 20.3. The Hall–Kier alpha value is -0.740. The Labute approximate surface area is 117 Å². The molecule has 92 valence electrons. The first-order valence-corrected chi connectivity index (χ1v) is 6.47. The van der Waals surface area contributed by atoms with Crippen LogP contribution >= 0.6 is 34.8 Å². The smallest absolute Gasteiger partial charge is 0.266 e. The van der Waals surface area contributed by atoms with Gasteiger partial charge in [-0.2, -0.15) is 0 Å². The maximum atomic E-state index is 11.5. The summed E-state index contributed by atoms with van der Waals surface area (Å²) in [4.78, 5) is 20.5. The molecule has 0 bridgehead atoms. The number of morpholine rings is 1. The maximum absolute atomic E-state index is 11.5. The van der Waals surface area contributed by atoms with Gasteiger partial charge in [0.2, 0.25) is 0 Å². The number of nitrogens with zero attached hydrogens (tertiary/aromatic N) is 2. The predicted octanol–water partition coefficient (Wildman–Crippen LogP) is -0.134. The highest BCUT2D eigenvalue weighted by Gasteiger charge is 2.25. The van der Waals surface area contributed by atoms with Crippen molar-refractivity contribution < 1.29 is 4.74 Å². The van der Waals surface area contributed by atoms with Crippen molar-refractivity contribution in [3.05, 3.63) is 20.3 Å². The predicted molar refractivity (Wildman–Crippen MR) is 76.3 cm³/mol. The molecule has 1 saturated heterocycles. The van der Waals surface area contributed by atoms with Gasteiger partial charge in [0.15, 0.2) is 0 Å². The summed E-state index contributed by atoms with van der Waals surface area (Å²) in [6.07, 6.45) is 1.11. The van der Waals surface area contributed by atoms with Gasteiger partial charge in [0.25, 0.3) is 5.56 Å². The number of ether oxygens (including phenoxy) is 1. The van der Waals surface area contributed by atoms with Crippen molar-refractivity contribution in [1.29, 1.82) is 0 Å². The van der Waals surface area contributed by atoms with Crippen molar-refractivity contribution in [1.82, 2.24) is 9.97 Å². The van der Waals surface area contributed by atoms with Crippen LogP contribution in [0.2, 0.25) is 0 Å². The molecule has 2 heterocycles. The number of anilines is 1. The van der Waals surface area contributed by atoms with Crippen LogP contribution in [-0.4, -0.2) is 40.8 Å². The minimum atomic E-state index is -0.282. The van der Waals surface area contributed by atoms with E-state index in [0.717, 1.165) is 0 Å². The highest BCUT2D eigenvalue weighted by molar-refractivity contribution is 14.1. The Kier molecular flexibility index (Phi) is 3.94. The van der Waals surface area contributed by atoms with E-state index in [1.807, 2.05) is 27.5 Å². The third-order valence-corrected chi connectivity index (χ3v) is 3.70. The van der Waals surface area contributed by atoms with Gasteiger partial charge in [-0.05, 0) is 22.6 Å². The topological polar surface area (TPSA) is 84.2 Å². The molecule has 0 radical (unpaired) electrons. The monoisotopic (exact) mass is 366 g/mol. The van der Waals surface area contributed by atoms with E-state index >= 15 is 0 Å². The van der Waals surface area contributed by atoms with Crippen LogP contribution in [0.25, 0.3) is 0 Å². The zero-order valence-corrected chi connectivity index (χ0v) is 11.8. The molecular weight excluding hydrogens is 355 g/mol. The second kappa shape index (κ2) is 5.27. The number of aromatic nitrogens is 2. The minimum absolute atomic E-state index is 0.144. The number of rotatable bonds is 2. The number of thiocarbonyl (C=S) groups is 1. The Morgan fingerprint density at radius 3 is 3.24 bits per heavy atom. The molecule has 17 heavy (non-hydrogen) atoms. The molecule has 3 N–H and O–H groups in total. The van der Waals surface area contributed by atoms with Gasteiger partial charge in [-0.25, -0.2) is 4.98 Å². The van der Waals surface area contributed by atoms with Gasteiger partial charge >= 0.3 is 0 Å². The number of nitrogens with two attached hydrogens (primary N) is 1. The van der Waals surface area contributed by atoms with Gasteiger partial charge in [0.1, 0.15) is 20.5 Å². The lowest BCUT2D eigenvalue weighted by molar-refractivity contribution is 0.0843. The summed E-state index contributed by atoms with van der Waals surface area (Å²) in [5, 5.41) is 0. The average Bonchev–Trinajstić information content (AvgIpc) is 2.33. The number of H-pyrrole nitrogens is 1. The number of nitrogens with one attached hydrogen (secondary N) is 1. The Morgan fingerprint density at radius 1 is 1.76 bits per heavy atom. The van der Waals surface area contributed by atoms with E-state index in [1.165, 1.54) is 6.33 Å². The van der Waals surface area contributed by atoms with E-state index < -0.39 is 0 Å². The molecule has 0 aromatic carbocycles. The summed E-state index contributed by atoms with van der Waals surface area (Å²) in [5.74, 6) is 0.652. The van der Waals surface area contributed by atoms with Crippen LogP contribution in [-0.2, 0) is 4.74 Å². The lowest BCUT2D eigenvalue weighted by Crippen LogP contribution is -2.48. The molecule has 1 aromatic rings. The van der Waals surface area contributed by atoms with E-state index in [-0.39, 0.29) is 11.7 Å². The molecule has 0 aliphatic carbocycles. The molecule has 8 heteroatoms. The van der Waals surface area contributed by atoms with Crippen molar-refractivity contribution >= 4 is 45.6 Å². The molecule has 0 amide bonds. The van der Waals surface area contributed by atoms with E-state index in [9.17, 15) is 4.79 Å². The molecule has 1 fully saturated rings. The SMILES string of the molecule is NC(=S)C1CN(c2nc[nH]c(=O)c2I)CCO1. The lowest BCUT2D eigenvalue weighted by Gasteiger charge is -2.33. The molecule has 0 saturated carbocycles. The Bertz CT molecular complexity index is 492. The second-order valence-corrected chi connectivity index (χ2v) is 5.13. The first kappa shape index (κ1) is 12.7. The van der Waals surface area contributed by atoms with Gasteiger partial charge in [0, 0.05) is 6.54 Å². The molecule has 2 rings (SSSR count). The molecule has 6 nitrogen and oxygen atoms in total. The van der Waals surface area contributed by atoms with Crippen molar-refractivity contribution in [2.75, 3.05) is 24.6 Å². The van der Waals surface area contributed by atoms with E-state index in [4.69, 9.17) is 22.7 Å². The quantitative estimate of drug-likeness (QED) is 0.560. The van der Waals surface area contributed by atoms with Crippen LogP contribution in [0.3, 0.4) is 0 Å². The van der Waals surface area contributed by atoms with Crippen molar-refractivity contribution in [3.8, 4) is 0 Å². The van der Waals surface area contributed by atoms with Gasteiger partial charge in [-0.3, -0.25) is 4.79 Å². The molecule has 1 aliphatic heterocycles. The highest BCUT2D eigenvalue weighted by Crippen LogP contribution is 2.18. The fourth-order valence-corrected chi connectivity index (χ4v) is 2.39. The molecule has 1 atom stereocenters. The standard InChI is InChI=1S/C9H11IN4O2S/c10-6-8(12-4-13-9(6)15)14-1-2-16-5(3-14)7(11)17/h4-5H,1-3H2,(H2,11,17)(H,12,13,15). The largest absolute Gasteiger partial charge is 0.391 e. The molecule has 1 unspecified atom stereocenters. The van der Waals surface area contributed by atoms with Gasteiger partial charge < -0.3 is 20.4 Å². The summed E-state index contributed by atoms with van der Waals surface area (Å²) < 4.78 is 6.00. The molecule has 0 spiro atoms. The third kappa shape index (κ3) is 2.75. The molecular formula is C9H11IN4O2S. The lowest BCUT2D eigenvalue weighted by atomic mass is 10.2.